The lowest BCUT2D eigenvalue weighted by atomic mass is 9.73. The van der Waals surface area contributed by atoms with Gasteiger partial charge in [-0.05, 0) is 115 Å². The Morgan fingerprint density at radius 2 is 1.63 bits per heavy atom. The Morgan fingerprint density at radius 3 is 2.33 bits per heavy atom. The van der Waals surface area contributed by atoms with E-state index in [1.807, 2.05) is 94.7 Å². The number of carbonyl (C=O) groups is 3. The fourth-order valence-electron chi connectivity index (χ4n) is 9.24. The molecule has 4 atom stereocenters. The van der Waals surface area contributed by atoms with Crippen LogP contribution in [0, 0.1) is 30.0 Å². The molecule has 358 valence electrons. The molecule has 1 saturated carbocycles. The fourth-order valence-corrected chi connectivity index (χ4v) is 10.1. The van der Waals surface area contributed by atoms with Gasteiger partial charge in [0.25, 0.3) is 0 Å². The number of aromatic nitrogens is 2. The summed E-state index contributed by atoms with van der Waals surface area (Å²) in [6.07, 6.45) is 4.95. The van der Waals surface area contributed by atoms with Crippen LogP contribution in [0.3, 0.4) is 0 Å². The lowest BCUT2D eigenvalue weighted by molar-refractivity contribution is -0.142. The van der Waals surface area contributed by atoms with Gasteiger partial charge in [0.2, 0.25) is 17.7 Å². The van der Waals surface area contributed by atoms with Crippen molar-refractivity contribution in [2.45, 2.75) is 97.4 Å². The standard InChI is InChI=1S/C52H65FN6O7S/c1-33(36-10-12-37(13-11-36)43-20-21-54-45-19-14-39(53)28-44(43)45)49(61)58-40-15-17-42(18-16-40)66-27-26-65-25-24-64-23-22-55-48(52(3,4)5)51(63)59-31-41(60)29-46(59)50(62)56-30-35-6-8-38(9-7-35)47-34(2)57-32-67-47/h6-9,14-21,28,32-33,36-37,41,46,48,55,60H,10-13,22-27,29-31H2,1-5H3,(H,56,62)(H,58,61)/t33-,36?,37?,41-,46+,48-/m1/s1. The normalized spacial score (nSPS) is 19.5. The summed E-state index contributed by atoms with van der Waals surface area (Å²) in [4.78, 5) is 52.0. The Kier molecular flexibility index (Phi) is 17.1. The van der Waals surface area contributed by atoms with Crippen molar-refractivity contribution in [1.29, 1.82) is 0 Å². The van der Waals surface area contributed by atoms with Gasteiger partial charge in [0.05, 0.1) is 60.2 Å². The first kappa shape index (κ1) is 49.6. The van der Waals surface area contributed by atoms with E-state index in [2.05, 4.69) is 25.9 Å². The van der Waals surface area contributed by atoms with Crippen LogP contribution in [0.15, 0.2) is 84.5 Å². The van der Waals surface area contributed by atoms with Crippen molar-refractivity contribution >= 4 is 45.6 Å². The molecular weight excluding hydrogens is 872 g/mol. The highest BCUT2D eigenvalue weighted by atomic mass is 32.1. The number of pyridine rings is 1. The van der Waals surface area contributed by atoms with Crippen LogP contribution in [0.25, 0.3) is 21.3 Å². The van der Waals surface area contributed by atoms with Crippen molar-refractivity contribution in [2.75, 3.05) is 51.4 Å². The highest BCUT2D eigenvalue weighted by Crippen LogP contribution is 2.41. The molecule has 13 nitrogen and oxygen atoms in total. The van der Waals surface area contributed by atoms with Crippen LogP contribution in [-0.2, 0) is 30.4 Å². The van der Waals surface area contributed by atoms with Crippen molar-refractivity contribution in [3.63, 3.8) is 0 Å². The van der Waals surface area contributed by atoms with Gasteiger partial charge in [0.1, 0.15) is 24.2 Å². The van der Waals surface area contributed by atoms with Crippen LogP contribution in [0.2, 0.25) is 0 Å². The molecule has 15 heteroatoms. The number of aliphatic hydroxyl groups excluding tert-OH is 1. The van der Waals surface area contributed by atoms with Gasteiger partial charge in [-0.3, -0.25) is 19.4 Å². The second-order valence-electron chi connectivity index (χ2n) is 18.9. The van der Waals surface area contributed by atoms with Crippen molar-refractivity contribution in [3.8, 4) is 16.2 Å². The number of anilines is 1. The molecule has 1 saturated heterocycles. The van der Waals surface area contributed by atoms with Crippen LogP contribution in [0.5, 0.6) is 5.75 Å². The maximum absolute atomic E-state index is 14.0. The number of nitrogens with zero attached hydrogens (tertiary/aromatic N) is 3. The number of aliphatic hydroxyl groups is 1. The number of carbonyl (C=O) groups excluding carboxylic acids is 3. The van der Waals surface area contributed by atoms with E-state index in [-0.39, 0.29) is 48.3 Å². The number of amides is 3. The molecule has 1 aliphatic carbocycles. The van der Waals surface area contributed by atoms with Crippen molar-refractivity contribution in [3.05, 3.63) is 107 Å². The maximum Gasteiger partial charge on any atom is 0.243 e. The van der Waals surface area contributed by atoms with Crippen molar-refractivity contribution in [2.24, 2.45) is 17.3 Å². The molecule has 2 aliphatic rings. The Labute approximate surface area is 397 Å². The number of benzene rings is 3. The number of halogens is 1. The number of hydrogen-bond acceptors (Lipinski definition) is 11. The summed E-state index contributed by atoms with van der Waals surface area (Å²) in [5, 5.41) is 20.8. The number of likely N-dealkylation sites (tertiary alicyclic amines) is 1. The monoisotopic (exact) mass is 936 g/mol. The SMILES string of the molecule is Cc1ncsc1-c1ccc(CNC(=O)[C@@H]2C[C@@H](O)CN2C(=O)[C@@H](NCCOCCOCCOc2ccc(NC(=O)[C@H](C)C3CCC(c4ccnc5ccc(F)cc45)CC3)cc2)C(C)(C)C)cc1. The van der Waals surface area contributed by atoms with Crippen LogP contribution < -0.4 is 20.7 Å². The minimum absolute atomic E-state index is 0.00234. The van der Waals surface area contributed by atoms with Gasteiger partial charge in [-0.15, -0.1) is 11.3 Å². The summed E-state index contributed by atoms with van der Waals surface area (Å²) < 4.78 is 31.4. The predicted molar refractivity (Wildman–Crippen MR) is 259 cm³/mol. The highest BCUT2D eigenvalue weighted by molar-refractivity contribution is 7.13. The van der Waals surface area contributed by atoms with E-state index >= 15 is 0 Å². The number of ether oxygens (including phenoxy) is 3. The Balaban J connectivity index is 0.754. The number of thiazole rings is 1. The second-order valence-corrected chi connectivity index (χ2v) is 19.7. The van der Waals surface area contributed by atoms with Gasteiger partial charge in [0.15, 0.2) is 0 Å². The molecule has 2 aromatic heterocycles. The lowest BCUT2D eigenvalue weighted by Gasteiger charge is -2.35. The topological polar surface area (TPSA) is 164 Å². The number of β-amino-alcohol motifs (C(OH)–C–C–N with tert-alkyl or cyclic N) is 1. The quantitative estimate of drug-likeness (QED) is 0.0562. The van der Waals surface area contributed by atoms with E-state index in [1.54, 1.807) is 29.7 Å². The van der Waals surface area contributed by atoms with Gasteiger partial charge < -0.3 is 40.2 Å². The average molecular weight is 937 g/mol. The zero-order valence-corrected chi connectivity index (χ0v) is 40.1. The molecule has 3 aromatic carbocycles. The van der Waals surface area contributed by atoms with Gasteiger partial charge in [-0.2, -0.15) is 0 Å². The van der Waals surface area contributed by atoms with Crippen LogP contribution in [0.4, 0.5) is 10.1 Å². The first-order valence-corrected chi connectivity index (χ1v) is 24.4. The van der Waals surface area contributed by atoms with Gasteiger partial charge >= 0.3 is 0 Å². The summed E-state index contributed by atoms with van der Waals surface area (Å²) in [5.41, 5.74) is 7.01. The summed E-state index contributed by atoms with van der Waals surface area (Å²) in [7, 11) is 0. The minimum Gasteiger partial charge on any atom is -0.491 e. The van der Waals surface area contributed by atoms with Crippen molar-refractivity contribution < 1.29 is 38.1 Å². The molecule has 1 aliphatic heterocycles. The first-order chi connectivity index (χ1) is 32.2. The average Bonchev–Trinajstić information content (AvgIpc) is 3.94. The van der Waals surface area contributed by atoms with Crippen LogP contribution in [0.1, 0.15) is 82.5 Å². The van der Waals surface area contributed by atoms with E-state index in [1.165, 1.54) is 11.0 Å². The second kappa shape index (κ2) is 23.1. The smallest absolute Gasteiger partial charge is 0.243 e. The summed E-state index contributed by atoms with van der Waals surface area (Å²) in [6, 6.07) is 20.7. The third-order valence-electron chi connectivity index (χ3n) is 13.1. The Morgan fingerprint density at radius 1 is 0.910 bits per heavy atom. The summed E-state index contributed by atoms with van der Waals surface area (Å²) in [5.74, 6) is 0.346. The Bertz CT molecular complexity index is 2420. The molecule has 67 heavy (non-hydrogen) atoms. The largest absolute Gasteiger partial charge is 0.491 e. The number of rotatable bonds is 20. The minimum atomic E-state index is -0.787. The van der Waals surface area contributed by atoms with E-state index in [0.29, 0.717) is 63.5 Å². The van der Waals surface area contributed by atoms with E-state index < -0.39 is 23.6 Å². The molecule has 0 radical (unpaired) electrons. The van der Waals surface area contributed by atoms with E-state index in [0.717, 1.165) is 63.8 Å². The molecule has 0 bridgehead atoms. The molecule has 7 rings (SSSR count). The molecule has 5 aromatic rings. The number of hydrogen-bond donors (Lipinski definition) is 4. The molecule has 0 spiro atoms. The molecule has 0 unspecified atom stereocenters. The number of aryl methyl sites for hydroxylation is 1. The van der Waals surface area contributed by atoms with E-state index in [9.17, 15) is 23.9 Å². The van der Waals surface area contributed by atoms with Crippen molar-refractivity contribution in [1.82, 2.24) is 25.5 Å². The summed E-state index contributed by atoms with van der Waals surface area (Å²) in [6.45, 7) is 12.5. The van der Waals surface area contributed by atoms with Gasteiger partial charge in [0, 0.05) is 49.2 Å². The van der Waals surface area contributed by atoms with Crippen LogP contribution >= 0.6 is 11.3 Å². The van der Waals surface area contributed by atoms with E-state index in [4.69, 9.17) is 14.2 Å². The zero-order valence-electron chi connectivity index (χ0n) is 39.3. The lowest BCUT2D eigenvalue weighted by Crippen LogP contribution is -2.57. The molecule has 3 amide bonds. The fraction of sp³-hybridized carbons (Fsp3) is 0.481. The first-order valence-electron chi connectivity index (χ1n) is 23.5. The van der Waals surface area contributed by atoms with Crippen LogP contribution in [-0.4, -0.2) is 102 Å². The summed E-state index contributed by atoms with van der Waals surface area (Å²) >= 11 is 1.59. The number of fused-ring (bicyclic) bond motifs is 1. The molecule has 2 fully saturated rings. The van der Waals surface area contributed by atoms with Gasteiger partial charge in [-0.1, -0.05) is 52.0 Å². The zero-order chi connectivity index (χ0) is 47.5. The molecule has 4 N–H and O–H groups in total. The molecule has 3 heterocycles. The maximum atomic E-state index is 14.0. The highest BCUT2D eigenvalue weighted by Gasteiger charge is 2.43. The molecular formula is C52H65FN6O7S. The van der Waals surface area contributed by atoms with Gasteiger partial charge in [-0.25, -0.2) is 9.37 Å². The Hall–Kier alpha value is -5.32. The predicted octanol–water partition coefficient (Wildman–Crippen LogP) is 8.05. The third kappa shape index (κ3) is 13.2. The number of nitrogens with one attached hydrogen (secondary N) is 3. The third-order valence-corrected chi connectivity index (χ3v) is 14.0.